The van der Waals surface area contributed by atoms with Crippen LogP contribution in [0.15, 0.2) is 29.2 Å². The normalized spacial score (nSPS) is 12.8. The fourth-order valence-corrected chi connectivity index (χ4v) is 2.83. The van der Waals surface area contributed by atoms with Crippen molar-refractivity contribution >= 4 is 21.9 Å². The first kappa shape index (κ1) is 17.1. The lowest BCUT2D eigenvalue weighted by atomic mass is 10.1. The molecule has 8 heteroatoms. The first-order chi connectivity index (χ1) is 9.77. The fourth-order valence-electron chi connectivity index (χ4n) is 1.75. The lowest BCUT2D eigenvalue weighted by Crippen LogP contribution is -2.33. The zero-order chi connectivity index (χ0) is 16.0. The molecule has 0 aliphatic rings. The van der Waals surface area contributed by atoms with E-state index in [2.05, 4.69) is 4.72 Å². The van der Waals surface area contributed by atoms with Gasteiger partial charge in [0.15, 0.2) is 0 Å². The van der Waals surface area contributed by atoms with Crippen LogP contribution in [0.5, 0.6) is 0 Å². The van der Waals surface area contributed by atoms with Crippen LogP contribution in [0.4, 0.5) is 0 Å². The summed E-state index contributed by atoms with van der Waals surface area (Å²) in [5.74, 6) is -2.46. The number of benzene rings is 1. The van der Waals surface area contributed by atoms with E-state index < -0.39 is 27.8 Å². The number of carboxylic acid groups (broad SMARTS) is 1. The maximum atomic E-state index is 12.0. The lowest BCUT2D eigenvalue weighted by molar-refractivity contribution is -0.141. The number of amides is 1. The van der Waals surface area contributed by atoms with Crippen molar-refractivity contribution < 1.29 is 23.1 Å². The summed E-state index contributed by atoms with van der Waals surface area (Å²) >= 11 is 0. The molecule has 0 fully saturated rings. The zero-order valence-electron chi connectivity index (χ0n) is 11.6. The number of carbonyl (C=O) groups excluding carboxylic acids is 1. The van der Waals surface area contributed by atoms with E-state index in [0.29, 0.717) is 12.8 Å². The van der Waals surface area contributed by atoms with Gasteiger partial charge in [0.25, 0.3) is 0 Å². The van der Waals surface area contributed by atoms with E-state index in [0.717, 1.165) is 0 Å². The van der Waals surface area contributed by atoms with Crippen molar-refractivity contribution in [1.29, 1.82) is 0 Å². The Bertz CT molecular complexity index is 610. The molecule has 21 heavy (non-hydrogen) atoms. The van der Waals surface area contributed by atoms with Gasteiger partial charge >= 0.3 is 5.97 Å². The number of carbonyl (C=O) groups is 2. The van der Waals surface area contributed by atoms with Crippen molar-refractivity contribution in [2.24, 2.45) is 11.7 Å². The largest absolute Gasteiger partial charge is 0.481 e. The minimum Gasteiger partial charge on any atom is -0.481 e. The van der Waals surface area contributed by atoms with Crippen molar-refractivity contribution in [1.82, 2.24) is 4.72 Å². The molecule has 0 aliphatic heterocycles. The van der Waals surface area contributed by atoms with Crippen molar-refractivity contribution in [2.45, 2.75) is 24.7 Å². The minimum absolute atomic E-state index is 0.0480. The van der Waals surface area contributed by atoms with Gasteiger partial charge in [-0.15, -0.1) is 0 Å². The summed E-state index contributed by atoms with van der Waals surface area (Å²) < 4.78 is 26.3. The number of hydrogen-bond acceptors (Lipinski definition) is 4. The third-order valence-corrected chi connectivity index (χ3v) is 4.39. The van der Waals surface area contributed by atoms with Crippen molar-refractivity contribution in [3.8, 4) is 0 Å². The number of nitrogens with two attached hydrogens (primary N) is 1. The van der Waals surface area contributed by atoms with Crippen LogP contribution in [0.3, 0.4) is 0 Å². The van der Waals surface area contributed by atoms with Gasteiger partial charge in [0.1, 0.15) is 0 Å². The van der Waals surface area contributed by atoms with Crippen molar-refractivity contribution in [3.05, 3.63) is 29.8 Å². The second kappa shape index (κ2) is 7.19. The van der Waals surface area contributed by atoms with Crippen molar-refractivity contribution in [3.63, 3.8) is 0 Å². The van der Waals surface area contributed by atoms with Crippen molar-refractivity contribution in [2.75, 3.05) is 6.54 Å². The van der Waals surface area contributed by atoms with E-state index in [1.807, 2.05) is 6.92 Å². The number of rotatable bonds is 8. The quantitative estimate of drug-likeness (QED) is 0.646. The number of carboxylic acids is 1. The molecule has 0 aromatic heterocycles. The molecule has 116 valence electrons. The van der Waals surface area contributed by atoms with Crippen LogP contribution in [0.1, 0.15) is 30.1 Å². The van der Waals surface area contributed by atoms with Crippen LogP contribution in [-0.2, 0) is 14.8 Å². The summed E-state index contributed by atoms with van der Waals surface area (Å²) in [6.45, 7) is 1.65. The minimum atomic E-state index is -3.82. The van der Waals surface area contributed by atoms with Crippen LogP contribution in [0.25, 0.3) is 0 Å². The fraction of sp³-hybridized carbons (Fsp3) is 0.385. The first-order valence-electron chi connectivity index (χ1n) is 6.40. The molecule has 0 heterocycles. The molecule has 0 saturated heterocycles. The molecule has 0 saturated carbocycles. The van der Waals surface area contributed by atoms with Crippen LogP contribution in [-0.4, -0.2) is 31.9 Å². The molecule has 1 atom stereocenters. The summed E-state index contributed by atoms with van der Waals surface area (Å²) in [5.41, 5.74) is 5.27. The molecule has 7 nitrogen and oxygen atoms in total. The Morgan fingerprint density at radius 1 is 1.29 bits per heavy atom. The highest BCUT2D eigenvalue weighted by Crippen LogP contribution is 2.12. The summed E-state index contributed by atoms with van der Waals surface area (Å²) in [6.07, 6.45) is 1.03. The van der Waals surface area contributed by atoms with E-state index in [-0.39, 0.29) is 17.0 Å². The van der Waals surface area contributed by atoms with Gasteiger partial charge in [-0.25, -0.2) is 13.1 Å². The molecule has 0 spiro atoms. The second-order valence-corrected chi connectivity index (χ2v) is 6.33. The Morgan fingerprint density at radius 3 is 2.29 bits per heavy atom. The maximum absolute atomic E-state index is 12.0. The van der Waals surface area contributed by atoms with E-state index in [4.69, 9.17) is 10.8 Å². The van der Waals surface area contributed by atoms with Crippen LogP contribution < -0.4 is 10.5 Å². The van der Waals surface area contributed by atoms with Gasteiger partial charge in [-0.2, -0.15) is 0 Å². The van der Waals surface area contributed by atoms with Gasteiger partial charge in [0.2, 0.25) is 15.9 Å². The molecule has 1 amide bonds. The standard InChI is InChI=1S/C13H18N2O5S/c1-2-3-10(13(17)18)8-15-21(19,20)11-6-4-9(5-7-11)12(14)16/h4-7,10,15H,2-3,8H2,1H3,(H2,14,16)(H,17,18). The predicted molar refractivity (Wildman–Crippen MR) is 76.2 cm³/mol. The molecular formula is C13H18N2O5S. The SMILES string of the molecule is CCCC(CNS(=O)(=O)c1ccc(C(N)=O)cc1)C(=O)O. The second-order valence-electron chi connectivity index (χ2n) is 4.56. The van der Waals surface area contributed by atoms with E-state index in [1.165, 1.54) is 24.3 Å². The zero-order valence-corrected chi connectivity index (χ0v) is 12.4. The number of aliphatic carboxylic acids is 1. The predicted octanol–water partition coefficient (Wildman–Crippen LogP) is 0.565. The average molecular weight is 314 g/mol. The monoisotopic (exact) mass is 314 g/mol. The Kier molecular flexibility index (Phi) is 5.86. The van der Waals surface area contributed by atoms with Gasteiger partial charge in [-0.05, 0) is 30.7 Å². The Hall–Kier alpha value is -1.93. The van der Waals surface area contributed by atoms with E-state index in [1.54, 1.807) is 0 Å². The molecule has 4 N–H and O–H groups in total. The Morgan fingerprint density at radius 2 is 1.86 bits per heavy atom. The molecule has 1 aromatic carbocycles. The number of sulfonamides is 1. The lowest BCUT2D eigenvalue weighted by Gasteiger charge is -2.12. The molecule has 1 rings (SSSR count). The van der Waals surface area contributed by atoms with Crippen LogP contribution >= 0.6 is 0 Å². The summed E-state index contributed by atoms with van der Waals surface area (Å²) in [7, 11) is -3.82. The highest BCUT2D eigenvalue weighted by molar-refractivity contribution is 7.89. The third kappa shape index (κ3) is 4.83. The van der Waals surface area contributed by atoms with Gasteiger partial charge in [-0.3, -0.25) is 9.59 Å². The Balaban J connectivity index is 2.81. The molecule has 0 bridgehead atoms. The highest BCUT2D eigenvalue weighted by Gasteiger charge is 2.21. The van der Waals surface area contributed by atoms with Crippen LogP contribution in [0.2, 0.25) is 0 Å². The van der Waals surface area contributed by atoms with Gasteiger partial charge in [0.05, 0.1) is 10.8 Å². The molecule has 0 radical (unpaired) electrons. The third-order valence-electron chi connectivity index (χ3n) is 2.96. The smallest absolute Gasteiger partial charge is 0.307 e. The topological polar surface area (TPSA) is 127 Å². The first-order valence-corrected chi connectivity index (χ1v) is 7.88. The molecular weight excluding hydrogens is 296 g/mol. The molecule has 0 aliphatic carbocycles. The summed E-state index contributed by atoms with van der Waals surface area (Å²) in [4.78, 5) is 21.8. The Labute approximate surface area is 123 Å². The highest BCUT2D eigenvalue weighted by atomic mass is 32.2. The van der Waals surface area contributed by atoms with Gasteiger partial charge < -0.3 is 10.8 Å². The number of nitrogens with one attached hydrogen (secondary N) is 1. The average Bonchev–Trinajstić information content (AvgIpc) is 2.43. The summed E-state index contributed by atoms with van der Waals surface area (Å²) in [6, 6.07) is 5.10. The van der Waals surface area contributed by atoms with Gasteiger partial charge in [0, 0.05) is 12.1 Å². The van der Waals surface area contributed by atoms with E-state index >= 15 is 0 Å². The molecule has 1 unspecified atom stereocenters. The summed E-state index contributed by atoms with van der Waals surface area (Å²) in [5, 5.41) is 8.98. The maximum Gasteiger partial charge on any atom is 0.307 e. The van der Waals surface area contributed by atoms with Gasteiger partial charge in [-0.1, -0.05) is 13.3 Å². The van der Waals surface area contributed by atoms with E-state index in [9.17, 15) is 18.0 Å². The number of hydrogen-bond donors (Lipinski definition) is 3. The number of primary amides is 1. The molecule has 1 aromatic rings. The van der Waals surface area contributed by atoms with Crippen LogP contribution in [0, 0.1) is 5.92 Å².